The smallest absolute Gasteiger partial charge is 0.0664 e. The van der Waals surface area contributed by atoms with E-state index in [2.05, 4.69) is 17.1 Å². The fraction of sp³-hybridized carbons (Fsp3) is 1.00. The van der Waals surface area contributed by atoms with Crippen LogP contribution in [-0.2, 0) is 0 Å². The lowest BCUT2D eigenvalue weighted by atomic mass is 9.88. The largest absolute Gasteiger partial charge is 0.392 e. The van der Waals surface area contributed by atoms with Crippen LogP contribution in [0.2, 0.25) is 0 Å². The number of rotatable bonds is 4. The number of hydrogen-bond donors (Lipinski definition) is 2. The highest BCUT2D eigenvalue weighted by molar-refractivity contribution is 4.85. The van der Waals surface area contributed by atoms with E-state index in [0.717, 1.165) is 24.9 Å². The topological polar surface area (TPSA) is 35.5 Å². The average Bonchev–Trinajstić information content (AvgIpc) is 2.83. The number of nitrogens with zero attached hydrogens (tertiary/aromatic N) is 1. The van der Waals surface area contributed by atoms with Gasteiger partial charge in [0.25, 0.3) is 0 Å². The summed E-state index contributed by atoms with van der Waals surface area (Å²) in [6.07, 6.45) is 6.12. The molecule has 0 aromatic rings. The van der Waals surface area contributed by atoms with Crippen molar-refractivity contribution in [3.05, 3.63) is 0 Å². The molecule has 2 unspecified atom stereocenters. The van der Waals surface area contributed by atoms with Crippen molar-refractivity contribution in [2.24, 2.45) is 5.92 Å². The molecule has 0 aromatic carbocycles. The van der Waals surface area contributed by atoms with Gasteiger partial charge >= 0.3 is 0 Å². The highest BCUT2D eigenvalue weighted by Crippen LogP contribution is 2.25. The Balaban J connectivity index is 1.69. The van der Waals surface area contributed by atoms with Crippen molar-refractivity contribution in [3.63, 3.8) is 0 Å². The molecule has 2 heterocycles. The van der Waals surface area contributed by atoms with Gasteiger partial charge in [0.2, 0.25) is 0 Å². The highest BCUT2D eigenvalue weighted by Gasteiger charge is 2.28. The fourth-order valence-electron chi connectivity index (χ4n) is 3.08. The maximum absolute atomic E-state index is 9.63. The molecule has 0 spiro atoms. The van der Waals surface area contributed by atoms with E-state index in [0.29, 0.717) is 0 Å². The van der Waals surface area contributed by atoms with E-state index in [1.165, 1.54) is 45.3 Å². The van der Waals surface area contributed by atoms with Gasteiger partial charge in [-0.2, -0.15) is 0 Å². The maximum atomic E-state index is 9.63. The minimum atomic E-state index is -0.124. The van der Waals surface area contributed by atoms with Gasteiger partial charge < -0.3 is 15.3 Å². The van der Waals surface area contributed by atoms with E-state index in [1.54, 1.807) is 0 Å². The summed E-state index contributed by atoms with van der Waals surface area (Å²) in [6.45, 7) is 6.51. The lowest BCUT2D eigenvalue weighted by Gasteiger charge is -2.35. The highest BCUT2D eigenvalue weighted by atomic mass is 16.3. The minimum Gasteiger partial charge on any atom is -0.392 e. The van der Waals surface area contributed by atoms with Crippen LogP contribution in [0.25, 0.3) is 0 Å². The van der Waals surface area contributed by atoms with Gasteiger partial charge in [-0.15, -0.1) is 0 Å². The Morgan fingerprint density at radius 2 is 2.06 bits per heavy atom. The number of piperidine rings is 1. The second kappa shape index (κ2) is 5.99. The fourth-order valence-corrected chi connectivity index (χ4v) is 3.08. The molecule has 2 saturated heterocycles. The molecule has 0 radical (unpaired) electrons. The van der Waals surface area contributed by atoms with Gasteiger partial charge in [-0.3, -0.25) is 0 Å². The monoisotopic (exact) mass is 226 g/mol. The van der Waals surface area contributed by atoms with Crippen LogP contribution in [0.1, 0.15) is 39.0 Å². The third-order valence-electron chi connectivity index (χ3n) is 4.24. The van der Waals surface area contributed by atoms with Crippen molar-refractivity contribution in [2.45, 2.75) is 51.2 Å². The Bertz CT molecular complexity index is 196. The normalized spacial score (nSPS) is 30.8. The maximum Gasteiger partial charge on any atom is 0.0664 e. The summed E-state index contributed by atoms with van der Waals surface area (Å²) >= 11 is 0. The van der Waals surface area contributed by atoms with Crippen LogP contribution in [0.4, 0.5) is 0 Å². The summed E-state index contributed by atoms with van der Waals surface area (Å²) in [6, 6.07) is 0.790. The molecule has 2 aliphatic rings. The molecule has 16 heavy (non-hydrogen) atoms. The molecular formula is C13H26N2O. The molecule has 2 aliphatic heterocycles. The van der Waals surface area contributed by atoms with E-state index >= 15 is 0 Å². The van der Waals surface area contributed by atoms with Crippen molar-refractivity contribution >= 4 is 0 Å². The molecule has 3 nitrogen and oxygen atoms in total. The third kappa shape index (κ3) is 3.19. The number of aliphatic hydroxyl groups is 1. The van der Waals surface area contributed by atoms with E-state index in [1.807, 2.05) is 0 Å². The molecule has 2 rings (SSSR count). The van der Waals surface area contributed by atoms with Crippen LogP contribution in [0.15, 0.2) is 0 Å². The van der Waals surface area contributed by atoms with Crippen molar-refractivity contribution in [1.82, 2.24) is 10.2 Å². The predicted molar refractivity (Wildman–Crippen MR) is 66.5 cm³/mol. The van der Waals surface area contributed by atoms with Crippen LogP contribution in [0.3, 0.4) is 0 Å². The van der Waals surface area contributed by atoms with Crippen molar-refractivity contribution in [3.8, 4) is 0 Å². The Morgan fingerprint density at radius 1 is 1.31 bits per heavy atom. The standard InChI is InChI=1S/C13H26N2O/c1-2-12(16)10-15-8-5-11(6-9-15)13-4-3-7-14-13/h11-14,16H,2-10H2,1H3. The molecule has 2 fully saturated rings. The van der Waals surface area contributed by atoms with E-state index in [-0.39, 0.29) is 6.10 Å². The first-order chi connectivity index (χ1) is 7.79. The van der Waals surface area contributed by atoms with Gasteiger partial charge in [0.1, 0.15) is 0 Å². The second-order valence-electron chi connectivity index (χ2n) is 5.40. The Morgan fingerprint density at radius 3 is 2.62 bits per heavy atom. The van der Waals surface area contributed by atoms with Crippen molar-refractivity contribution < 1.29 is 5.11 Å². The lowest BCUT2D eigenvalue weighted by Crippen LogP contribution is -2.43. The first kappa shape index (κ1) is 12.3. The van der Waals surface area contributed by atoms with Gasteiger partial charge in [-0.25, -0.2) is 0 Å². The summed E-state index contributed by atoms with van der Waals surface area (Å²) in [7, 11) is 0. The van der Waals surface area contributed by atoms with Gasteiger partial charge in [0.15, 0.2) is 0 Å². The third-order valence-corrected chi connectivity index (χ3v) is 4.24. The number of hydrogen-bond acceptors (Lipinski definition) is 3. The van der Waals surface area contributed by atoms with E-state index < -0.39 is 0 Å². The van der Waals surface area contributed by atoms with Gasteiger partial charge in [0.05, 0.1) is 6.10 Å². The van der Waals surface area contributed by atoms with Gasteiger partial charge in [-0.05, 0) is 57.7 Å². The SMILES string of the molecule is CCC(O)CN1CCC(C2CCCN2)CC1. The van der Waals surface area contributed by atoms with Gasteiger partial charge in [0, 0.05) is 12.6 Å². The Hall–Kier alpha value is -0.120. The molecule has 0 amide bonds. The summed E-state index contributed by atoms with van der Waals surface area (Å²) in [5, 5.41) is 13.3. The number of aliphatic hydroxyl groups excluding tert-OH is 1. The molecule has 0 bridgehead atoms. The molecule has 2 N–H and O–H groups in total. The molecule has 0 aliphatic carbocycles. The van der Waals surface area contributed by atoms with Crippen LogP contribution in [0, 0.1) is 5.92 Å². The first-order valence-electron chi connectivity index (χ1n) is 6.93. The molecular weight excluding hydrogens is 200 g/mol. The Labute approximate surface area is 99.2 Å². The number of nitrogens with one attached hydrogen (secondary N) is 1. The van der Waals surface area contributed by atoms with Crippen LogP contribution in [0.5, 0.6) is 0 Å². The number of β-amino-alcohol motifs (C(OH)–C–C–N with tert-alkyl or cyclic N) is 1. The molecule has 2 atom stereocenters. The predicted octanol–water partition coefficient (Wildman–Crippen LogP) is 1.22. The van der Waals surface area contributed by atoms with Crippen LogP contribution < -0.4 is 5.32 Å². The van der Waals surface area contributed by atoms with E-state index in [4.69, 9.17) is 0 Å². The summed E-state index contributed by atoms with van der Waals surface area (Å²) in [5.74, 6) is 0.887. The molecule has 94 valence electrons. The summed E-state index contributed by atoms with van der Waals surface area (Å²) in [4.78, 5) is 2.43. The van der Waals surface area contributed by atoms with Crippen molar-refractivity contribution in [1.29, 1.82) is 0 Å². The minimum absolute atomic E-state index is 0.124. The van der Waals surface area contributed by atoms with Crippen LogP contribution in [-0.4, -0.2) is 48.3 Å². The molecule has 0 aromatic heterocycles. The number of likely N-dealkylation sites (tertiary alicyclic amines) is 1. The second-order valence-corrected chi connectivity index (χ2v) is 5.40. The average molecular weight is 226 g/mol. The molecule has 0 saturated carbocycles. The van der Waals surface area contributed by atoms with Crippen molar-refractivity contribution in [2.75, 3.05) is 26.2 Å². The van der Waals surface area contributed by atoms with E-state index in [9.17, 15) is 5.11 Å². The lowest BCUT2D eigenvalue weighted by molar-refractivity contribution is 0.0818. The Kier molecular flexibility index (Phi) is 4.62. The molecule has 3 heteroatoms. The van der Waals surface area contributed by atoms with Gasteiger partial charge in [-0.1, -0.05) is 6.92 Å². The first-order valence-corrected chi connectivity index (χ1v) is 6.93. The summed E-state index contributed by atoms with van der Waals surface area (Å²) < 4.78 is 0. The summed E-state index contributed by atoms with van der Waals surface area (Å²) in [5.41, 5.74) is 0. The quantitative estimate of drug-likeness (QED) is 0.756. The zero-order chi connectivity index (χ0) is 11.4. The zero-order valence-electron chi connectivity index (χ0n) is 10.5. The zero-order valence-corrected chi connectivity index (χ0v) is 10.5. The van der Waals surface area contributed by atoms with Crippen LogP contribution >= 0.6 is 0 Å².